The molecule has 12 N–H and O–H groups in total. The molecule has 262 valence electrons. The summed E-state index contributed by atoms with van der Waals surface area (Å²) in [5, 5.41) is 21.3. The summed E-state index contributed by atoms with van der Waals surface area (Å²) in [6.45, 7) is 0.501. The molecule has 0 bridgehead atoms. The number of anilines is 4. The number of nitrogens with zero attached hydrogens (tertiary/aromatic N) is 5. The zero-order chi connectivity index (χ0) is 36.1. The number of nitrogens with two attached hydrogens (primary N) is 4. The first kappa shape index (κ1) is 35.7. The molecule has 18 nitrogen and oxygen atoms in total. The van der Waals surface area contributed by atoms with Crippen LogP contribution in [-0.4, -0.2) is 81.3 Å². The molecule has 21 heteroatoms. The average Bonchev–Trinajstić information content (AvgIpc) is 3.40. The fraction of sp³-hybridized carbons (Fsp3) is 0.241. The first-order valence-corrected chi connectivity index (χ1v) is 16.9. The topological polar surface area (TPSA) is 283 Å². The third kappa shape index (κ3) is 7.98. The predicted molar refractivity (Wildman–Crippen MR) is 189 cm³/mol. The lowest BCUT2D eigenvalue weighted by atomic mass is 10.0. The zero-order valence-electron chi connectivity index (χ0n) is 26.3. The van der Waals surface area contributed by atoms with Crippen LogP contribution >= 0.6 is 34.7 Å². The summed E-state index contributed by atoms with van der Waals surface area (Å²) in [7, 11) is 1.23. The average molecular weight is 744 g/mol. The maximum absolute atomic E-state index is 13.3. The van der Waals surface area contributed by atoms with Crippen molar-refractivity contribution in [1.29, 1.82) is 0 Å². The van der Waals surface area contributed by atoms with Crippen LogP contribution in [0.1, 0.15) is 11.3 Å². The van der Waals surface area contributed by atoms with E-state index in [0.717, 1.165) is 21.8 Å². The number of oxime groups is 1. The van der Waals surface area contributed by atoms with Crippen molar-refractivity contribution in [2.75, 3.05) is 41.5 Å². The van der Waals surface area contributed by atoms with Crippen LogP contribution < -0.4 is 43.5 Å². The summed E-state index contributed by atoms with van der Waals surface area (Å²) >= 11 is 8.35. The minimum Gasteiger partial charge on any atom is -0.477 e. The van der Waals surface area contributed by atoms with E-state index in [0.29, 0.717) is 24.2 Å². The van der Waals surface area contributed by atoms with Gasteiger partial charge in [0.05, 0.1) is 5.69 Å². The number of hydrogen-bond donors (Lipinski definition) is 8. The number of aliphatic imine (C=N–C) groups is 1. The van der Waals surface area contributed by atoms with Crippen molar-refractivity contribution in [3.63, 3.8) is 0 Å². The lowest BCUT2D eigenvalue weighted by Crippen LogP contribution is -2.71. The van der Waals surface area contributed by atoms with E-state index in [-0.39, 0.29) is 56.2 Å². The second-order valence-corrected chi connectivity index (χ2v) is 13.5. The summed E-state index contributed by atoms with van der Waals surface area (Å²) in [5.41, 5.74) is 24.5. The number of urea groups is 1. The van der Waals surface area contributed by atoms with Gasteiger partial charge in [0.2, 0.25) is 0 Å². The highest BCUT2D eigenvalue weighted by Crippen LogP contribution is 2.40. The molecule has 4 heterocycles. The van der Waals surface area contributed by atoms with E-state index in [2.05, 4.69) is 31.1 Å². The fourth-order valence-electron chi connectivity index (χ4n) is 5.09. The first-order chi connectivity index (χ1) is 23.9. The normalized spacial score (nSPS) is 17.0. The number of rotatable bonds is 12. The number of aromatic nitrogens is 2. The van der Waals surface area contributed by atoms with Crippen molar-refractivity contribution in [2.45, 2.75) is 24.4 Å². The van der Waals surface area contributed by atoms with Crippen LogP contribution in [0, 0.1) is 0 Å². The van der Waals surface area contributed by atoms with Gasteiger partial charge in [-0.25, -0.2) is 14.6 Å². The van der Waals surface area contributed by atoms with Gasteiger partial charge in [-0.2, -0.15) is 4.57 Å². The van der Waals surface area contributed by atoms with Crippen molar-refractivity contribution in [2.24, 2.45) is 21.6 Å². The Labute approximate surface area is 297 Å². The summed E-state index contributed by atoms with van der Waals surface area (Å²) in [4.78, 5) is 65.5. The Balaban J connectivity index is 1.25. The van der Waals surface area contributed by atoms with Crippen LogP contribution in [0.15, 0.2) is 64.1 Å². The van der Waals surface area contributed by atoms with Gasteiger partial charge in [-0.15, -0.1) is 11.8 Å². The number of fused-ring (bicyclic) bond motifs is 1. The van der Waals surface area contributed by atoms with Gasteiger partial charge in [0.1, 0.15) is 39.9 Å². The monoisotopic (exact) mass is 743 g/mol. The molecule has 0 unspecified atom stereocenters. The molecule has 3 aromatic rings. The number of carboxylic acid groups (broad SMARTS) is 1. The molecule has 4 amide bonds. The van der Waals surface area contributed by atoms with Crippen LogP contribution in [0.25, 0.3) is 0 Å². The van der Waals surface area contributed by atoms with Gasteiger partial charge in [-0.3, -0.25) is 19.5 Å². The molecule has 50 heavy (non-hydrogen) atoms. The Morgan fingerprint density at radius 2 is 1.92 bits per heavy atom. The molecule has 1 fully saturated rings. The Hall–Kier alpha value is -5.60. The number of aliphatic carboxylic acids is 1. The second kappa shape index (κ2) is 15.3. The number of nitrogens with one attached hydrogen (secondary N) is 3. The predicted octanol–water partition coefficient (Wildman–Crippen LogP) is 0.498. The van der Waals surface area contributed by atoms with Crippen LogP contribution in [0.4, 0.5) is 27.0 Å². The highest BCUT2D eigenvalue weighted by molar-refractivity contribution is 8.00. The highest BCUT2D eigenvalue weighted by atomic mass is 35.5. The highest BCUT2D eigenvalue weighted by Gasteiger charge is 2.55. The van der Waals surface area contributed by atoms with Gasteiger partial charge in [-0.05, 0) is 24.1 Å². The van der Waals surface area contributed by atoms with Crippen molar-refractivity contribution in [1.82, 2.24) is 15.2 Å². The van der Waals surface area contributed by atoms with Gasteiger partial charge in [0.15, 0.2) is 35.7 Å². The van der Waals surface area contributed by atoms with E-state index in [1.54, 1.807) is 35.2 Å². The number of thioether (sulfide) groups is 1. The quantitative estimate of drug-likeness (QED) is 0.0414. The Morgan fingerprint density at radius 1 is 1.18 bits per heavy atom. The number of thiazole rings is 1. The van der Waals surface area contributed by atoms with Gasteiger partial charge in [0, 0.05) is 29.6 Å². The lowest BCUT2D eigenvalue weighted by Gasteiger charge is -2.49. The van der Waals surface area contributed by atoms with Crippen LogP contribution in [0.3, 0.4) is 0 Å². The van der Waals surface area contributed by atoms with E-state index >= 15 is 0 Å². The molecule has 2 aromatic heterocycles. The number of carbonyl (C=O) groups excluding carboxylic acids is 3. The number of pyridine rings is 1. The molecule has 5 rings (SSSR count). The van der Waals surface area contributed by atoms with Crippen LogP contribution in [-0.2, 0) is 32.2 Å². The maximum Gasteiger partial charge on any atom is 0.352 e. The molecule has 0 saturated carbocycles. The molecule has 2 aliphatic heterocycles. The Kier molecular flexibility index (Phi) is 10.9. The van der Waals surface area contributed by atoms with Crippen molar-refractivity contribution >= 4 is 92.4 Å². The first-order valence-electron chi connectivity index (χ1n) is 14.6. The van der Waals surface area contributed by atoms with Gasteiger partial charge < -0.3 is 48.8 Å². The largest absolute Gasteiger partial charge is 0.477 e. The number of amides is 4. The van der Waals surface area contributed by atoms with Gasteiger partial charge in [0.25, 0.3) is 11.8 Å². The minimum atomic E-state index is -1.31. The van der Waals surface area contributed by atoms with Crippen LogP contribution in [0.2, 0.25) is 4.34 Å². The summed E-state index contributed by atoms with van der Waals surface area (Å²) < 4.78 is 1.74. The number of carbonyl (C=O) groups is 4. The summed E-state index contributed by atoms with van der Waals surface area (Å²) in [5.74, 6) is -2.51. The zero-order valence-corrected chi connectivity index (χ0v) is 28.6. The smallest absolute Gasteiger partial charge is 0.352 e. The summed E-state index contributed by atoms with van der Waals surface area (Å²) in [6.07, 6.45) is 3.80. The number of carboxylic acids is 1. The third-order valence-corrected chi connectivity index (χ3v) is 9.76. The van der Waals surface area contributed by atoms with E-state index in [1.807, 2.05) is 12.1 Å². The molecular formula is C29H32ClN12O6S2+. The minimum absolute atomic E-state index is 0.0142. The molecule has 0 radical (unpaired) electrons. The second-order valence-electron chi connectivity index (χ2n) is 10.7. The number of benzene rings is 1. The van der Waals surface area contributed by atoms with Crippen molar-refractivity contribution in [3.8, 4) is 0 Å². The van der Waals surface area contributed by atoms with Crippen molar-refractivity contribution < 1.29 is 33.7 Å². The summed E-state index contributed by atoms with van der Waals surface area (Å²) in [6, 6.07) is 7.09. The third-order valence-electron chi connectivity index (χ3n) is 7.34. The van der Waals surface area contributed by atoms with E-state index in [9.17, 15) is 24.3 Å². The fourth-order valence-corrected chi connectivity index (χ4v) is 7.35. The molecule has 1 saturated heterocycles. The lowest BCUT2D eigenvalue weighted by molar-refractivity contribution is -0.688. The standard InChI is InChI=1S/C29H31ClN12O6S2/c1-48-40-19(18-22(30)50-28(34)39-18)23(43)38-20-24(44)42-21(26(45)46)14(12-49-25(20)42)10-41-9-7-16(31)17(11-41)37-29(47)36-15-4-2-13(3-5-15)6-8-35-27(32)33/h2-5,7,9,11,20,25,31H,6,8,10,12H2,1H3,(H10,32,33,34,35,36,37,38,39,43,45,46,47)/p+1/b40-19-/t20-,25-/m1/s1. The maximum atomic E-state index is 13.3. The number of hydrogen-bond acceptors (Lipinski definition) is 12. The SMILES string of the molecule is CO/N=C(\C(=O)N[C@@H]1C(=O)N2C(C(=O)O)=C(C[n+]3ccc(N)c(NC(=O)Nc4ccc(CCN=C(N)N)cc4)c3)CS[C@H]12)c1nc(N)sc1Cl. The van der Waals surface area contributed by atoms with E-state index in [4.69, 9.17) is 39.4 Å². The molecule has 2 atom stereocenters. The number of halogens is 1. The number of nitrogen functional groups attached to an aromatic ring is 2. The molecule has 2 aliphatic rings. The van der Waals surface area contributed by atoms with Crippen molar-refractivity contribution in [3.05, 3.63) is 69.6 Å². The Morgan fingerprint density at radius 3 is 2.56 bits per heavy atom. The number of β-lactam (4-membered cyclic amide) rings is 1. The Bertz CT molecular complexity index is 1930. The molecule has 0 spiro atoms. The van der Waals surface area contributed by atoms with E-state index in [1.165, 1.54) is 18.9 Å². The number of guanidine groups is 1. The van der Waals surface area contributed by atoms with Crippen LogP contribution in [0.5, 0.6) is 0 Å². The van der Waals surface area contributed by atoms with Gasteiger partial charge in [-0.1, -0.05) is 40.2 Å². The van der Waals surface area contributed by atoms with E-state index < -0.39 is 35.2 Å². The molecular weight excluding hydrogens is 712 g/mol. The molecule has 0 aliphatic carbocycles. The molecule has 1 aromatic carbocycles. The van der Waals surface area contributed by atoms with Gasteiger partial charge >= 0.3 is 12.0 Å².